The summed E-state index contributed by atoms with van der Waals surface area (Å²) in [5.74, 6) is -5.94. The molecule has 4 amide bonds. The summed E-state index contributed by atoms with van der Waals surface area (Å²) >= 11 is 1.17. The molecule has 232 valence electrons. The number of aromatic nitrogens is 1. The van der Waals surface area contributed by atoms with Crippen LogP contribution in [0.5, 0.6) is 0 Å². The molecule has 1 saturated carbocycles. The number of carbonyl (C=O) groups is 5. The molecular formula is C29H34F3N5O5S. The summed E-state index contributed by atoms with van der Waals surface area (Å²) in [5, 5.41) is 7.50. The normalized spacial score (nSPS) is 25.7. The van der Waals surface area contributed by atoms with Gasteiger partial charge in [0.25, 0.3) is 0 Å². The number of fused-ring (bicyclic) bond motifs is 2. The van der Waals surface area contributed by atoms with Gasteiger partial charge in [0.15, 0.2) is 5.01 Å². The summed E-state index contributed by atoms with van der Waals surface area (Å²) in [4.78, 5) is 71.2. The van der Waals surface area contributed by atoms with E-state index in [0.29, 0.717) is 18.5 Å². The monoisotopic (exact) mass is 621 g/mol. The number of ketones is 1. The van der Waals surface area contributed by atoms with Crippen LogP contribution in [-0.4, -0.2) is 76.7 Å². The van der Waals surface area contributed by atoms with Crippen LogP contribution in [0.1, 0.15) is 50.3 Å². The first-order valence-electron chi connectivity index (χ1n) is 14.3. The van der Waals surface area contributed by atoms with Gasteiger partial charge in [-0.3, -0.25) is 24.0 Å². The number of hydrogen-bond donors (Lipinski definition) is 3. The molecule has 5 rings (SSSR count). The maximum atomic E-state index is 14.0. The summed E-state index contributed by atoms with van der Waals surface area (Å²) < 4.78 is 39.9. The van der Waals surface area contributed by atoms with Gasteiger partial charge in [-0.15, -0.1) is 11.3 Å². The van der Waals surface area contributed by atoms with Crippen molar-refractivity contribution >= 4 is 51.0 Å². The number of Topliss-reactive ketones (excluding diaryl/α,β-unsaturated/α-hetero) is 1. The van der Waals surface area contributed by atoms with Crippen LogP contribution < -0.4 is 16.0 Å². The summed E-state index contributed by atoms with van der Waals surface area (Å²) in [6, 6.07) is 3.50. The second-order valence-corrected chi connectivity index (χ2v) is 13.5. The van der Waals surface area contributed by atoms with Crippen molar-refractivity contribution in [2.45, 2.75) is 64.8 Å². The number of hydrogen-bond acceptors (Lipinski definition) is 7. The molecule has 1 aliphatic carbocycles. The number of nitrogens with one attached hydrogen (secondary N) is 3. The van der Waals surface area contributed by atoms with Gasteiger partial charge in [0.1, 0.15) is 12.1 Å². The minimum absolute atomic E-state index is 0.0285. The highest BCUT2D eigenvalue weighted by atomic mass is 32.1. The average Bonchev–Trinajstić information content (AvgIpc) is 3.45. The van der Waals surface area contributed by atoms with Crippen LogP contribution >= 0.6 is 11.3 Å². The van der Waals surface area contributed by atoms with Crippen LogP contribution in [0.25, 0.3) is 10.2 Å². The SMILES string of the molecule is CC(C)C(NC(=O)C(F)(F)F)C(=O)N1CC2C(C1C(=O)NC(CC1CCNC1=O)C(=O)c1nc3ccccc3s1)C2(C)C. The topological polar surface area (TPSA) is 138 Å². The lowest BCUT2D eigenvalue weighted by Crippen LogP contribution is -2.59. The summed E-state index contributed by atoms with van der Waals surface area (Å²) in [6.45, 7) is 7.48. The predicted octanol–water partition coefficient (Wildman–Crippen LogP) is 2.68. The molecule has 3 N–H and O–H groups in total. The Morgan fingerprint density at radius 2 is 1.86 bits per heavy atom. The molecular weight excluding hydrogens is 587 g/mol. The molecule has 2 saturated heterocycles. The molecule has 14 heteroatoms. The standard InChI is InChI=1S/C29H34F3N5O5S/c1-13(2)20(36-27(42)29(30,31)32)26(41)37-12-15-19(28(15,3)4)21(37)24(40)34-17(11-14-9-10-33-23(14)39)22(38)25-35-16-7-5-6-8-18(16)43-25/h5-8,13-15,17,19-21H,9-12H2,1-4H3,(H,33,39)(H,34,40)(H,36,42). The van der Waals surface area contributed by atoms with Crippen LogP contribution in [-0.2, 0) is 19.2 Å². The number of piperidine rings is 1. The van der Waals surface area contributed by atoms with Crippen LogP contribution in [0.3, 0.4) is 0 Å². The molecule has 3 fully saturated rings. The van der Waals surface area contributed by atoms with Crippen molar-refractivity contribution < 1.29 is 37.1 Å². The van der Waals surface area contributed by atoms with Gasteiger partial charge in [-0.2, -0.15) is 13.2 Å². The Kier molecular flexibility index (Phi) is 8.03. The molecule has 0 spiro atoms. The van der Waals surface area contributed by atoms with Crippen molar-refractivity contribution in [1.29, 1.82) is 0 Å². The smallest absolute Gasteiger partial charge is 0.356 e. The van der Waals surface area contributed by atoms with E-state index in [9.17, 15) is 37.1 Å². The Labute approximate surface area is 250 Å². The van der Waals surface area contributed by atoms with E-state index in [2.05, 4.69) is 15.6 Å². The summed E-state index contributed by atoms with van der Waals surface area (Å²) in [7, 11) is 0. The van der Waals surface area contributed by atoms with Gasteiger partial charge < -0.3 is 20.9 Å². The number of rotatable bonds is 9. The Balaban J connectivity index is 1.41. The van der Waals surface area contributed by atoms with Gasteiger partial charge in [-0.05, 0) is 48.1 Å². The van der Waals surface area contributed by atoms with Crippen molar-refractivity contribution in [1.82, 2.24) is 25.8 Å². The zero-order chi connectivity index (χ0) is 31.4. The highest BCUT2D eigenvalue weighted by Crippen LogP contribution is 2.65. The lowest BCUT2D eigenvalue weighted by Gasteiger charge is -2.35. The van der Waals surface area contributed by atoms with Crippen molar-refractivity contribution in [2.75, 3.05) is 13.1 Å². The largest absolute Gasteiger partial charge is 0.471 e. The number of benzene rings is 1. The molecule has 1 aromatic carbocycles. The van der Waals surface area contributed by atoms with Gasteiger partial charge in [-0.25, -0.2) is 4.98 Å². The lowest BCUT2D eigenvalue weighted by molar-refractivity contribution is -0.175. The van der Waals surface area contributed by atoms with Gasteiger partial charge in [-0.1, -0.05) is 39.8 Å². The number of halogens is 3. The Morgan fingerprint density at radius 1 is 1.16 bits per heavy atom. The van der Waals surface area contributed by atoms with Crippen molar-refractivity contribution in [3.05, 3.63) is 29.3 Å². The first kappa shape index (κ1) is 30.9. The minimum atomic E-state index is -5.18. The van der Waals surface area contributed by atoms with Crippen LogP contribution in [0.15, 0.2) is 24.3 Å². The fraction of sp³-hybridized carbons (Fsp3) is 0.586. The third-order valence-electron chi connectivity index (χ3n) is 9.06. The molecule has 0 bridgehead atoms. The fourth-order valence-electron chi connectivity index (χ4n) is 6.50. The van der Waals surface area contributed by atoms with Crippen molar-refractivity contribution in [3.63, 3.8) is 0 Å². The van der Waals surface area contributed by atoms with Crippen molar-refractivity contribution in [2.24, 2.45) is 29.1 Å². The van der Waals surface area contributed by atoms with E-state index in [0.717, 1.165) is 4.70 Å². The highest BCUT2D eigenvalue weighted by Gasteiger charge is 2.69. The second kappa shape index (κ2) is 11.2. The zero-order valence-electron chi connectivity index (χ0n) is 24.2. The van der Waals surface area contributed by atoms with E-state index >= 15 is 0 Å². The van der Waals surface area contributed by atoms with Gasteiger partial charge in [0.05, 0.1) is 16.3 Å². The van der Waals surface area contributed by atoms with Crippen LogP contribution in [0.4, 0.5) is 13.2 Å². The fourth-order valence-corrected chi connectivity index (χ4v) is 7.46. The Morgan fingerprint density at radius 3 is 2.47 bits per heavy atom. The van der Waals surface area contributed by atoms with E-state index in [1.807, 2.05) is 26.0 Å². The van der Waals surface area contributed by atoms with E-state index in [4.69, 9.17) is 0 Å². The van der Waals surface area contributed by atoms with Crippen LogP contribution in [0.2, 0.25) is 0 Å². The highest BCUT2D eigenvalue weighted by molar-refractivity contribution is 7.20. The lowest BCUT2D eigenvalue weighted by atomic mass is 9.94. The molecule has 0 radical (unpaired) electrons. The summed E-state index contributed by atoms with van der Waals surface area (Å²) in [5.41, 5.74) is 0.300. The first-order valence-corrected chi connectivity index (χ1v) is 15.1. The molecule has 3 aliphatic rings. The minimum Gasteiger partial charge on any atom is -0.356 e. The molecule has 3 heterocycles. The quantitative estimate of drug-likeness (QED) is 0.369. The van der Waals surface area contributed by atoms with E-state index in [1.165, 1.54) is 30.1 Å². The Hall–Kier alpha value is -3.55. The van der Waals surface area contributed by atoms with E-state index in [1.54, 1.807) is 17.4 Å². The molecule has 1 aromatic heterocycles. The number of nitrogens with zero attached hydrogens (tertiary/aromatic N) is 2. The van der Waals surface area contributed by atoms with Gasteiger partial charge >= 0.3 is 12.1 Å². The number of carbonyl (C=O) groups excluding carboxylic acids is 5. The number of para-hydroxylation sites is 1. The summed E-state index contributed by atoms with van der Waals surface area (Å²) in [6.07, 6.45) is -4.67. The molecule has 6 atom stereocenters. The van der Waals surface area contributed by atoms with E-state index < -0.39 is 59.6 Å². The number of thiazole rings is 1. The van der Waals surface area contributed by atoms with E-state index in [-0.39, 0.29) is 41.1 Å². The molecule has 2 aliphatic heterocycles. The van der Waals surface area contributed by atoms with Gasteiger partial charge in [0.2, 0.25) is 23.5 Å². The molecule has 2 aromatic rings. The number of likely N-dealkylation sites (tertiary alicyclic amines) is 1. The predicted molar refractivity (Wildman–Crippen MR) is 151 cm³/mol. The molecule has 43 heavy (non-hydrogen) atoms. The average molecular weight is 622 g/mol. The number of alkyl halides is 3. The first-order chi connectivity index (χ1) is 20.1. The van der Waals surface area contributed by atoms with Crippen LogP contribution in [0, 0.1) is 29.1 Å². The Bertz CT molecular complexity index is 1440. The maximum Gasteiger partial charge on any atom is 0.471 e. The maximum absolute atomic E-state index is 14.0. The molecule has 10 nitrogen and oxygen atoms in total. The molecule has 6 unspecified atom stereocenters. The van der Waals surface area contributed by atoms with Gasteiger partial charge in [0, 0.05) is 19.0 Å². The zero-order valence-corrected chi connectivity index (χ0v) is 25.0. The second-order valence-electron chi connectivity index (χ2n) is 12.5. The van der Waals surface area contributed by atoms with Crippen molar-refractivity contribution in [3.8, 4) is 0 Å². The third kappa shape index (κ3) is 5.85. The third-order valence-corrected chi connectivity index (χ3v) is 10.1. The number of amides is 4.